The Morgan fingerprint density at radius 2 is 2.00 bits per heavy atom. The lowest BCUT2D eigenvalue weighted by Crippen LogP contribution is -2.22. The highest BCUT2D eigenvalue weighted by Gasteiger charge is 2.03. The predicted octanol–water partition coefficient (Wildman–Crippen LogP) is 1.81. The van der Waals surface area contributed by atoms with Crippen LogP contribution in [0.2, 0.25) is 0 Å². The van der Waals surface area contributed by atoms with Gasteiger partial charge < -0.3 is 0 Å². The average molecular weight is 181 g/mol. The third kappa shape index (κ3) is 2.84. The van der Waals surface area contributed by atoms with Crippen LogP contribution in [0, 0.1) is 0 Å². The fraction of sp³-hybridized carbons (Fsp3) is 0.700. The van der Waals surface area contributed by atoms with Gasteiger partial charge >= 0.3 is 0 Å². The van der Waals surface area contributed by atoms with E-state index in [9.17, 15) is 0 Å². The Labute approximate surface area is 80.1 Å². The fourth-order valence-corrected chi connectivity index (χ4v) is 1.36. The van der Waals surface area contributed by atoms with Crippen molar-refractivity contribution < 1.29 is 0 Å². The van der Waals surface area contributed by atoms with Gasteiger partial charge in [-0.05, 0) is 25.6 Å². The molecule has 1 heterocycles. The van der Waals surface area contributed by atoms with Crippen molar-refractivity contribution in [1.29, 1.82) is 0 Å². The molecule has 0 aromatic carbocycles. The zero-order valence-corrected chi connectivity index (χ0v) is 8.80. The number of nitrogens with zero attached hydrogens (tertiary/aromatic N) is 2. The highest BCUT2D eigenvalue weighted by molar-refractivity contribution is 5.08. The zero-order chi connectivity index (χ0) is 9.68. The lowest BCUT2D eigenvalue weighted by molar-refractivity contribution is 0.292. The molecular formula is C10H19N3. The normalized spacial score (nSPS) is 11.1. The molecule has 0 aliphatic heterocycles. The van der Waals surface area contributed by atoms with Crippen LogP contribution in [0.25, 0.3) is 0 Å². The number of hydrogen-bond donors (Lipinski definition) is 1. The molecule has 0 aliphatic carbocycles. The van der Waals surface area contributed by atoms with Crippen LogP contribution in [-0.4, -0.2) is 28.2 Å². The van der Waals surface area contributed by atoms with Crippen LogP contribution in [-0.2, 0) is 13.0 Å². The molecule has 0 amide bonds. The van der Waals surface area contributed by atoms with Crippen molar-refractivity contribution in [3.05, 3.63) is 17.5 Å². The molecule has 1 rings (SSSR count). The van der Waals surface area contributed by atoms with Crippen LogP contribution in [0.5, 0.6) is 0 Å². The Kier molecular flexibility index (Phi) is 3.96. The molecule has 0 saturated carbocycles. The van der Waals surface area contributed by atoms with E-state index >= 15 is 0 Å². The van der Waals surface area contributed by atoms with Crippen molar-refractivity contribution in [2.24, 2.45) is 0 Å². The standard InChI is InChI=1S/C10H19N3/c1-4-9-7-10(12-11-9)8-13(5-2)6-3/h7H,4-6,8H2,1-3H3,(H,11,12). The van der Waals surface area contributed by atoms with E-state index < -0.39 is 0 Å². The Morgan fingerprint density at radius 3 is 2.46 bits per heavy atom. The number of nitrogens with one attached hydrogen (secondary N) is 1. The maximum atomic E-state index is 4.20. The second kappa shape index (κ2) is 5.02. The molecule has 1 N–H and O–H groups in total. The number of H-pyrrole nitrogens is 1. The maximum absolute atomic E-state index is 4.20. The van der Waals surface area contributed by atoms with Gasteiger partial charge in [-0.2, -0.15) is 5.10 Å². The third-order valence-corrected chi connectivity index (χ3v) is 2.33. The fourth-order valence-electron chi connectivity index (χ4n) is 1.36. The van der Waals surface area contributed by atoms with Gasteiger partial charge in [0.1, 0.15) is 0 Å². The molecule has 0 bridgehead atoms. The summed E-state index contributed by atoms with van der Waals surface area (Å²) >= 11 is 0. The molecule has 0 saturated heterocycles. The van der Waals surface area contributed by atoms with Gasteiger partial charge in [-0.25, -0.2) is 0 Å². The van der Waals surface area contributed by atoms with Gasteiger partial charge in [-0.3, -0.25) is 10.00 Å². The van der Waals surface area contributed by atoms with Crippen molar-refractivity contribution in [2.75, 3.05) is 13.1 Å². The summed E-state index contributed by atoms with van der Waals surface area (Å²) in [7, 11) is 0. The van der Waals surface area contributed by atoms with Gasteiger partial charge in [0.2, 0.25) is 0 Å². The summed E-state index contributed by atoms with van der Waals surface area (Å²) in [6, 6.07) is 2.15. The Morgan fingerprint density at radius 1 is 1.31 bits per heavy atom. The average Bonchev–Trinajstić information content (AvgIpc) is 2.61. The second-order valence-corrected chi connectivity index (χ2v) is 3.20. The van der Waals surface area contributed by atoms with Gasteiger partial charge in [0.15, 0.2) is 0 Å². The van der Waals surface area contributed by atoms with Crippen LogP contribution in [0.1, 0.15) is 32.2 Å². The summed E-state index contributed by atoms with van der Waals surface area (Å²) in [6.45, 7) is 9.66. The van der Waals surface area contributed by atoms with E-state index in [1.165, 1.54) is 5.69 Å². The quantitative estimate of drug-likeness (QED) is 0.751. The molecule has 0 fully saturated rings. The topological polar surface area (TPSA) is 31.9 Å². The van der Waals surface area contributed by atoms with E-state index in [1.807, 2.05) is 0 Å². The summed E-state index contributed by atoms with van der Waals surface area (Å²) in [6.07, 6.45) is 1.01. The lowest BCUT2D eigenvalue weighted by atomic mass is 10.3. The molecule has 0 atom stereocenters. The van der Waals surface area contributed by atoms with E-state index in [0.717, 1.165) is 31.7 Å². The number of aryl methyl sites for hydroxylation is 1. The van der Waals surface area contributed by atoms with E-state index in [-0.39, 0.29) is 0 Å². The van der Waals surface area contributed by atoms with Crippen molar-refractivity contribution in [3.8, 4) is 0 Å². The van der Waals surface area contributed by atoms with Gasteiger partial charge in [0.25, 0.3) is 0 Å². The molecular weight excluding hydrogens is 162 g/mol. The minimum Gasteiger partial charge on any atom is -0.298 e. The van der Waals surface area contributed by atoms with Crippen LogP contribution in [0.3, 0.4) is 0 Å². The molecule has 0 radical (unpaired) electrons. The third-order valence-electron chi connectivity index (χ3n) is 2.33. The molecule has 0 unspecified atom stereocenters. The molecule has 1 aromatic heterocycles. The molecule has 1 aromatic rings. The maximum Gasteiger partial charge on any atom is 0.0622 e. The van der Waals surface area contributed by atoms with Crippen molar-refractivity contribution in [3.63, 3.8) is 0 Å². The van der Waals surface area contributed by atoms with Crippen LogP contribution in [0.4, 0.5) is 0 Å². The van der Waals surface area contributed by atoms with Crippen molar-refractivity contribution in [1.82, 2.24) is 15.1 Å². The van der Waals surface area contributed by atoms with E-state index in [0.29, 0.717) is 0 Å². The summed E-state index contributed by atoms with van der Waals surface area (Å²) in [5.41, 5.74) is 2.38. The Hall–Kier alpha value is -0.830. The summed E-state index contributed by atoms with van der Waals surface area (Å²) in [5, 5.41) is 7.27. The minimum absolute atomic E-state index is 0.986. The molecule has 0 spiro atoms. The SMILES string of the molecule is CCc1cc(CN(CC)CC)[nH]n1. The highest BCUT2D eigenvalue weighted by atomic mass is 15.2. The van der Waals surface area contributed by atoms with Crippen molar-refractivity contribution >= 4 is 0 Å². The first-order valence-corrected chi connectivity index (χ1v) is 5.05. The summed E-state index contributed by atoms with van der Waals surface area (Å²) < 4.78 is 0. The second-order valence-electron chi connectivity index (χ2n) is 3.20. The van der Waals surface area contributed by atoms with Gasteiger partial charge in [-0.15, -0.1) is 0 Å². The highest BCUT2D eigenvalue weighted by Crippen LogP contribution is 2.03. The molecule has 74 valence electrons. The molecule has 13 heavy (non-hydrogen) atoms. The van der Waals surface area contributed by atoms with Crippen LogP contribution >= 0.6 is 0 Å². The lowest BCUT2D eigenvalue weighted by Gasteiger charge is -2.16. The Bertz CT molecular complexity index is 238. The molecule has 3 nitrogen and oxygen atoms in total. The number of aromatic nitrogens is 2. The minimum atomic E-state index is 0.986. The van der Waals surface area contributed by atoms with E-state index in [4.69, 9.17) is 0 Å². The van der Waals surface area contributed by atoms with Crippen LogP contribution < -0.4 is 0 Å². The summed E-state index contributed by atoms with van der Waals surface area (Å²) in [4.78, 5) is 2.37. The number of hydrogen-bond acceptors (Lipinski definition) is 2. The van der Waals surface area contributed by atoms with Crippen molar-refractivity contribution in [2.45, 2.75) is 33.7 Å². The Balaban J connectivity index is 2.52. The molecule has 0 aliphatic rings. The van der Waals surface area contributed by atoms with E-state index in [1.54, 1.807) is 0 Å². The largest absolute Gasteiger partial charge is 0.298 e. The van der Waals surface area contributed by atoms with Gasteiger partial charge in [0, 0.05) is 12.2 Å². The van der Waals surface area contributed by atoms with Crippen LogP contribution in [0.15, 0.2) is 6.07 Å². The first-order valence-electron chi connectivity index (χ1n) is 5.05. The first kappa shape index (κ1) is 10.3. The number of rotatable bonds is 5. The number of aromatic amines is 1. The first-order chi connectivity index (χ1) is 6.30. The zero-order valence-electron chi connectivity index (χ0n) is 8.80. The van der Waals surface area contributed by atoms with Gasteiger partial charge in [-0.1, -0.05) is 20.8 Å². The monoisotopic (exact) mass is 181 g/mol. The predicted molar refractivity (Wildman–Crippen MR) is 54.6 cm³/mol. The molecule has 3 heteroatoms. The summed E-state index contributed by atoms with van der Waals surface area (Å²) in [5.74, 6) is 0. The smallest absolute Gasteiger partial charge is 0.0622 e. The van der Waals surface area contributed by atoms with Gasteiger partial charge in [0.05, 0.1) is 5.69 Å². The van der Waals surface area contributed by atoms with E-state index in [2.05, 4.69) is 41.9 Å².